The van der Waals surface area contributed by atoms with E-state index >= 15 is 0 Å². The van der Waals surface area contributed by atoms with Gasteiger partial charge in [0.2, 0.25) is 0 Å². The van der Waals surface area contributed by atoms with Crippen LogP contribution >= 0.6 is 15.9 Å². The third kappa shape index (κ3) is 3.05. The van der Waals surface area contributed by atoms with Crippen molar-refractivity contribution in [2.24, 2.45) is 0 Å². The molecule has 2 rings (SSSR count). The molecule has 1 aliphatic rings. The molecule has 0 saturated heterocycles. The predicted molar refractivity (Wildman–Crippen MR) is 79.1 cm³/mol. The largest absolute Gasteiger partial charge is 0.395 e. The van der Waals surface area contributed by atoms with Crippen molar-refractivity contribution in [3.05, 3.63) is 28.2 Å². The summed E-state index contributed by atoms with van der Waals surface area (Å²) < 4.78 is 1.10. The van der Waals surface area contributed by atoms with Crippen LogP contribution in [0, 0.1) is 0 Å². The summed E-state index contributed by atoms with van der Waals surface area (Å²) in [5.41, 5.74) is 2.53. The Balaban J connectivity index is 2.34. The van der Waals surface area contributed by atoms with Crippen molar-refractivity contribution >= 4 is 21.6 Å². The number of hydrogen-bond donors (Lipinski definition) is 2. The van der Waals surface area contributed by atoms with Gasteiger partial charge in [0.05, 0.1) is 6.61 Å². The lowest BCUT2D eigenvalue weighted by Crippen LogP contribution is -2.30. The van der Waals surface area contributed by atoms with Crippen molar-refractivity contribution in [3.8, 4) is 0 Å². The number of aliphatic hydroxyl groups is 1. The van der Waals surface area contributed by atoms with E-state index in [-0.39, 0.29) is 6.61 Å². The SMILES string of the molecule is CNC(C)c1cc(Br)ccc1N(CCO)C1CC1. The number of hydrogen-bond acceptors (Lipinski definition) is 3. The molecule has 1 aromatic rings. The van der Waals surface area contributed by atoms with E-state index in [9.17, 15) is 5.11 Å². The summed E-state index contributed by atoms with van der Waals surface area (Å²) in [4.78, 5) is 2.34. The zero-order valence-corrected chi connectivity index (χ0v) is 12.6. The van der Waals surface area contributed by atoms with E-state index in [1.165, 1.54) is 24.1 Å². The molecule has 1 atom stereocenters. The summed E-state index contributed by atoms with van der Waals surface area (Å²) in [6.45, 7) is 3.09. The minimum atomic E-state index is 0.208. The highest BCUT2D eigenvalue weighted by molar-refractivity contribution is 9.10. The lowest BCUT2D eigenvalue weighted by molar-refractivity contribution is 0.301. The lowest BCUT2D eigenvalue weighted by atomic mass is 10.0. The second-order valence-corrected chi connectivity index (χ2v) is 5.78. The van der Waals surface area contributed by atoms with Gasteiger partial charge in [0.1, 0.15) is 0 Å². The summed E-state index contributed by atoms with van der Waals surface area (Å²) in [6.07, 6.45) is 2.48. The van der Waals surface area contributed by atoms with Crippen LogP contribution in [0.2, 0.25) is 0 Å². The Morgan fingerprint density at radius 2 is 2.22 bits per heavy atom. The van der Waals surface area contributed by atoms with Crippen molar-refractivity contribution in [3.63, 3.8) is 0 Å². The zero-order chi connectivity index (χ0) is 13.1. The second kappa shape index (κ2) is 6.04. The highest BCUT2D eigenvalue weighted by Gasteiger charge is 2.30. The van der Waals surface area contributed by atoms with E-state index in [0.29, 0.717) is 12.1 Å². The average molecular weight is 313 g/mol. The molecule has 0 radical (unpaired) electrons. The van der Waals surface area contributed by atoms with Gasteiger partial charge in [0.15, 0.2) is 0 Å². The molecule has 0 spiro atoms. The standard InChI is InChI=1S/C14H21BrN2O/c1-10(16-2)13-9-11(15)3-6-14(13)17(7-8-18)12-4-5-12/h3,6,9-10,12,16,18H,4-5,7-8H2,1-2H3. The normalized spacial score (nSPS) is 16.7. The highest BCUT2D eigenvalue weighted by Crippen LogP contribution is 2.36. The van der Waals surface area contributed by atoms with Gasteiger partial charge in [-0.15, -0.1) is 0 Å². The molecule has 2 N–H and O–H groups in total. The van der Waals surface area contributed by atoms with E-state index in [2.05, 4.69) is 51.3 Å². The first-order valence-corrected chi connectivity index (χ1v) is 7.31. The third-order valence-electron chi connectivity index (χ3n) is 3.53. The maximum atomic E-state index is 9.25. The van der Waals surface area contributed by atoms with Crippen LogP contribution in [0.1, 0.15) is 31.4 Å². The van der Waals surface area contributed by atoms with Crippen LogP contribution in [-0.4, -0.2) is 31.3 Å². The number of benzene rings is 1. The van der Waals surface area contributed by atoms with Crippen molar-refractivity contribution in [2.75, 3.05) is 25.1 Å². The maximum Gasteiger partial charge on any atom is 0.0606 e. The van der Waals surface area contributed by atoms with Gasteiger partial charge in [-0.05, 0) is 50.6 Å². The van der Waals surface area contributed by atoms with Crippen molar-refractivity contribution in [2.45, 2.75) is 31.8 Å². The second-order valence-electron chi connectivity index (χ2n) is 4.86. The first kappa shape index (κ1) is 13.8. The van der Waals surface area contributed by atoms with Gasteiger partial charge in [0, 0.05) is 28.8 Å². The van der Waals surface area contributed by atoms with Crippen LogP contribution in [0.15, 0.2) is 22.7 Å². The molecule has 1 aromatic carbocycles. The average Bonchev–Trinajstić information content (AvgIpc) is 3.19. The van der Waals surface area contributed by atoms with E-state index in [1.807, 2.05) is 7.05 Å². The Hall–Kier alpha value is -0.580. The van der Waals surface area contributed by atoms with Crippen LogP contribution in [0.4, 0.5) is 5.69 Å². The number of nitrogens with zero attached hydrogens (tertiary/aromatic N) is 1. The van der Waals surface area contributed by atoms with Crippen LogP contribution in [0.25, 0.3) is 0 Å². The minimum Gasteiger partial charge on any atom is -0.395 e. The summed E-state index contributed by atoms with van der Waals surface area (Å²) in [7, 11) is 1.98. The molecule has 18 heavy (non-hydrogen) atoms. The fourth-order valence-electron chi connectivity index (χ4n) is 2.28. The molecule has 0 amide bonds. The quantitative estimate of drug-likeness (QED) is 0.848. The van der Waals surface area contributed by atoms with Crippen molar-refractivity contribution in [1.29, 1.82) is 0 Å². The maximum absolute atomic E-state index is 9.25. The van der Waals surface area contributed by atoms with Crippen molar-refractivity contribution in [1.82, 2.24) is 5.32 Å². The third-order valence-corrected chi connectivity index (χ3v) is 4.02. The topological polar surface area (TPSA) is 35.5 Å². The fraction of sp³-hybridized carbons (Fsp3) is 0.571. The molecule has 1 saturated carbocycles. The highest BCUT2D eigenvalue weighted by atomic mass is 79.9. The molecular formula is C14H21BrN2O. The van der Waals surface area contributed by atoms with Gasteiger partial charge in [-0.3, -0.25) is 0 Å². The monoisotopic (exact) mass is 312 g/mol. The molecule has 0 aliphatic heterocycles. The first-order valence-electron chi connectivity index (χ1n) is 6.51. The van der Waals surface area contributed by atoms with E-state index < -0.39 is 0 Å². The Bertz CT molecular complexity index is 407. The van der Waals surface area contributed by atoms with Crippen molar-refractivity contribution < 1.29 is 5.11 Å². The molecule has 0 bridgehead atoms. The van der Waals surface area contributed by atoms with Gasteiger partial charge in [-0.1, -0.05) is 15.9 Å². The van der Waals surface area contributed by atoms with E-state index in [1.54, 1.807) is 0 Å². The molecule has 4 heteroatoms. The molecular weight excluding hydrogens is 292 g/mol. The molecule has 0 heterocycles. The van der Waals surface area contributed by atoms with Gasteiger partial charge in [-0.25, -0.2) is 0 Å². The summed E-state index contributed by atoms with van der Waals surface area (Å²) in [5, 5.41) is 12.5. The number of aliphatic hydroxyl groups excluding tert-OH is 1. The Kier molecular flexibility index (Phi) is 4.65. The lowest BCUT2D eigenvalue weighted by Gasteiger charge is -2.28. The van der Waals surface area contributed by atoms with Crippen LogP contribution in [0.3, 0.4) is 0 Å². The summed E-state index contributed by atoms with van der Waals surface area (Å²) in [6, 6.07) is 7.32. The van der Waals surface area contributed by atoms with Crippen LogP contribution in [-0.2, 0) is 0 Å². The Labute approximate surface area is 117 Å². The minimum absolute atomic E-state index is 0.208. The molecule has 1 aliphatic carbocycles. The van der Waals surface area contributed by atoms with Crippen LogP contribution in [0.5, 0.6) is 0 Å². The number of rotatable bonds is 6. The van der Waals surface area contributed by atoms with Gasteiger partial charge in [-0.2, -0.15) is 0 Å². The number of halogens is 1. The van der Waals surface area contributed by atoms with E-state index in [0.717, 1.165) is 11.0 Å². The smallest absolute Gasteiger partial charge is 0.0606 e. The first-order chi connectivity index (χ1) is 8.67. The molecule has 1 unspecified atom stereocenters. The van der Waals surface area contributed by atoms with Gasteiger partial charge in [0.25, 0.3) is 0 Å². The summed E-state index contributed by atoms with van der Waals surface area (Å²) >= 11 is 3.54. The zero-order valence-electron chi connectivity index (χ0n) is 11.0. The molecule has 1 fully saturated rings. The Morgan fingerprint density at radius 3 is 2.78 bits per heavy atom. The summed E-state index contributed by atoms with van der Waals surface area (Å²) in [5.74, 6) is 0. The van der Waals surface area contributed by atoms with Gasteiger partial charge < -0.3 is 15.3 Å². The Morgan fingerprint density at radius 1 is 1.50 bits per heavy atom. The molecule has 3 nitrogen and oxygen atoms in total. The predicted octanol–water partition coefficient (Wildman–Crippen LogP) is 2.69. The van der Waals surface area contributed by atoms with Crippen LogP contribution < -0.4 is 10.2 Å². The van der Waals surface area contributed by atoms with E-state index in [4.69, 9.17) is 0 Å². The fourth-order valence-corrected chi connectivity index (χ4v) is 2.66. The molecule has 100 valence electrons. The number of nitrogens with one attached hydrogen (secondary N) is 1. The molecule has 0 aromatic heterocycles. The van der Waals surface area contributed by atoms with Gasteiger partial charge >= 0.3 is 0 Å². The number of anilines is 1.